The number of hydrogen-bond acceptors (Lipinski definition) is 4. The number of hydrogen-bond donors (Lipinski definition) is 0. The zero-order chi connectivity index (χ0) is 6.91. The van der Waals surface area contributed by atoms with Gasteiger partial charge in [-0.2, -0.15) is 0 Å². The number of terminal acetylenes is 1. The summed E-state index contributed by atoms with van der Waals surface area (Å²) in [5, 5.41) is 0. The van der Waals surface area contributed by atoms with Crippen LogP contribution in [-0.4, -0.2) is 12.7 Å². The van der Waals surface area contributed by atoms with Crippen LogP contribution in [0.15, 0.2) is 0 Å². The van der Waals surface area contributed by atoms with Crippen molar-refractivity contribution >= 4 is 30.1 Å². The highest BCUT2D eigenvalue weighted by molar-refractivity contribution is 8.51. The first kappa shape index (κ1) is 7.38. The molecule has 9 heavy (non-hydrogen) atoms. The van der Waals surface area contributed by atoms with E-state index in [0.29, 0.717) is 6.61 Å². The van der Waals surface area contributed by atoms with Crippen LogP contribution in [0, 0.1) is 12.3 Å². The molecule has 1 rings (SSSR count). The Morgan fingerprint density at radius 2 is 2.33 bits per heavy atom. The second kappa shape index (κ2) is 2.48. The van der Waals surface area contributed by atoms with E-state index in [-0.39, 0.29) is 6.10 Å². The van der Waals surface area contributed by atoms with Gasteiger partial charge < -0.3 is 0 Å². The van der Waals surface area contributed by atoms with Gasteiger partial charge in [0, 0.05) is 22.4 Å². The molecule has 0 bridgehead atoms. The Morgan fingerprint density at radius 1 is 1.67 bits per heavy atom. The third-order valence-corrected chi connectivity index (χ3v) is 2.73. The van der Waals surface area contributed by atoms with Crippen LogP contribution in [0.1, 0.15) is 0 Å². The highest BCUT2D eigenvalue weighted by atomic mass is 33.1. The minimum absolute atomic E-state index is 0.324. The Morgan fingerprint density at radius 3 is 2.56 bits per heavy atom. The van der Waals surface area contributed by atoms with E-state index in [1.807, 2.05) is 0 Å². The van der Waals surface area contributed by atoms with Crippen LogP contribution in [0.2, 0.25) is 0 Å². The smallest absolute Gasteiger partial charge is 0.159 e. The van der Waals surface area contributed by atoms with E-state index < -0.39 is 7.71 Å². The second-order valence-electron chi connectivity index (χ2n) is 1.44. The molecule has 0 aromatic carbocycles. The van der Waals surface area contributed by atoms with E-state index >= 15 is 0 Å². The molecule has 0 saturated carbocycles. The van der Waals surface area contributed by atoms with Gasteiger partial charge in [0.05, 0.1) is 0 Å². The van der Waals surface area contributed by atoms with Crippen molar-refractivity contribution in [1.29, 1.82) is 0 Å². The van der Waals surface area contributed by atoms with Gasteiger partial charge >= 0.3 is 0 Å². The molecular weight excluding hydrogens is 176 g/mol. The average molecular weight is 180 g/mol. The van der Waals surface area contributed by atoms with Crippen molar-refractivity contribution in [3.63, 3.8) is 0 Å². The maximum Gasteiger partial charge on any atom is 0.159 e. The van der Waals surface area contributed by atoms with Gasteiger partial charge in [-0.25, -0.2) is 0 Å². The molecule has 0 radical (unpaired) electrons. The van der Waals surface area contributed by atoms with Crippen molar-refractivity contribution in [2.45, 2.75) is 6.10 Å². The summed E-state index contributed by atoms with van der Waals surface area (Å²) in [4.78, 5) is 0. The third kappa shape index (κ3) is 1.85. The molecular formula is C4H4O2S3. The molecule has 0 N–H and O–H groups in total. The Hall–Kier alpha value is 0.270. The lowest BCUT2D eigenvalue weighted by atomic mass is 10.4. The molecule has 0 amide bonds. The SMILES string of the molecule is C#CC1COS(=S)(=S)O1. The van der Waals surface area contributed by atoms with E-state index in [9.17, 15) is 0 Å². The summed E-state index contributed by atoms with van der Waals surface area (Å²) in [6.45, 7) is 0.346. The number of rotatable bonds is 0. The summed E-state index contributed by atoms with van der Waals surface area (Å²) < 4.78 is 9.84. The van der Waals surface area contributed by atoms with Crippen LogP contribution < -0.4 is 0 Å². The molecule has 1 saturated heterocycles. The Labute approximate surface area is 63.8 Å². The lowest BCUT2D eigenvalue weighted by Gasteiger charge is -1.95. The van der Waals surface area contributed by atoms with Crippen LogP contribution >= 0.6 is 0 Å². The van der Waals surface area contributed by atoms with Crippen molar-refractivity contribution in [3.8, 4) is 12.3 Å². The highest BCUT2D eigenvalue weighted by Crippen LogP contribution is 2.12. The van der Waals surface area contributed by atoms with Gasteiger partial charge in [0.1, 0.15) is 14.3 Å². The van der Waals surface area contributed by atoms with Gasteiger partial charge in [-0.05, 0) is 0 Å². The largest absolute Gasteiger partial charge is 0.286 e. The standard InChI is InChI=1S/C4H4O2S3/c1-2-4-3-5-9(7,8)6-4/h1,4H,3H2. The lowest BCUT2D eigenvalue weighted by Crippen LogP contribution is -2.04. The first-order valence-electron chi connectivity index (χ1n) is 2.18. The van der Waals surface area contributed by atoms with Gasteiger partial charge in [0.25, 0.3) is 0 Å². The van der Waals surface area contributed by atoms with Gasteiger partial charge in [-0.15, -0.1) is 6.42 Å². The van der Waals surface area contributed by atoms with Crippen molar-refractivity contribution < 1.29 is 8.37 Å². The van der Waals surface area contributed by atoms with E-state index in [4.69, 9.17) is 37.2 Å². The fourth-order valence-corrected chi connectivity index (χ4v) is 2.06. The molecule has 0 spiro atoms. The molecule has 0 aliphatic carbocycles. The topological polar surface area (TPSA) is 18.5 Å². The van der Waals surface area contributed by atoms with Crippen LogP contribution in [0.4, 0.5) is 0 Å². The first-order chi connectivity index (χ1) is 4.14. The molecule has 5 heteroatoms. The monoisotopic (exact) mass is 180 g/mol. The summed E-state index contributed by atoms with van der Waals surface area (Å²) in [6, 6.07) is 0. The van der Waals surface area contributed by atoms with Crippen molar-refractivity contribution in [2.24, 2.45) is 0 Å². The Kier molecular flexibility index (Phi) is 2.03. The maximum atomic E-state index is 5.02. The predicted octanol–water partition coefficient (Wildman–Crippen LogP) is -0.0572. The Bertz CT molecular complexity index is 235. The van der Waals surface area contributed by atoms with Gasteiger partial charge in [0.2, 0.25) is 0 Å². The minimum atomic E-state index is -2.08. The predicted molar refractivity (Wildman–Crippen MR) is 41.8 cm³/mol. The molecule has 0 aromatic heterocycles. The van der Waals surface area contributed by atoms with E-state index in [1.165, 1.54) is 0 Å². The highest BCUT2D eigenvalue weighted by Gasteiger charge is 2.21. The van der Waals surface area contributed by atoms with Crippen LogP contribution in [0.3, 0.4) is 0 Å². The fraction of sp³-hybridized carbons (Fsp3) is 0.500. The van der Waals surface area contributed by atoms with E-state index in [1.54, 1.807) is 0 Å². The van der Waals surface area contributed by atoms with Crippen molar-refractivity contribution in [2.75, 3.05) is 6.61 Å². The summed E-state index contributed by atoms with van der Waals surface area (Å²) >= 11 is 9.42. The molecule has 50 valence electrons. The third-order valence-electron chi connectivity index (χ3n) is 0.784. The molecule has 1 aliphatic heterocycles. The summed E-state index contributed by atoms with van der Waals surface area (Å²) in [6.07, 6.45) is 4.70. The normalized spacial score (nSPS) is 31.7. The molecule has 2 nitrogen and oxygen atoms in total. The molecule has 1 atom stereocenters. The lowest BCUT2D eigenvalue weighted by molar-refractivity contribution is 0.303. The summed E-state index contributed by atoms with van der Waals surface area (Å²) in [5.74, 6) is 2.36. The molecule has 1 fully saturated rings. The maximum absolute atomic E-state index is 5.02. The van der Waals surface area contributed by atoms with Crippen molar-refractivity contribution in [3.05, 3.63) is 0 Å². The average Bonchev–Trinajstić information content (AvgIpc) is 2.10. The van der Waals surface area contributed by atoms with Crippen LogP contribution in [-0.2, 0) is 38.5 Å². The fourth-order valence-electron chi connectivity index (χ4n) is 0.419. The van der Waals surface area contributed by atoms with Crippen LogP contribution in [0.5, 0.6) is 0 Å². The molecule has 1 heterocycles. The quantitative estimate of drug-likeness (QED) is 0.486. The zero-order valence-electron chi connectivity index (χ0n) is 4.40. The Balaban J connectivity index is 2.72. The zero-order valence-corrected chi connectivity index (χ0v) is 6.85. The second-order valence-corrected chi connectivity index (χ2v) is 5.95. The van der Waals surface area contributed by atoms with Crippen LogP contribution in [0.25, 0.3) is 0 Å². The summed E-state index contributed by atoms with van der Waals surface area (Å²) in [5.41, 5.74) is 0. The first-order valence-corrected chi connectivity index (χ1v) is 5.51. The van der Waals surface area contributed by atoms with Gasteiger partial charge in [-0.1, -0.05) is 5.92 Å². The van der Waals surface area contributed by atoms with Gasteiger partial charge in [-0.3, -0.25) is 8.37 Å². The van der Waals surface area contributed by atoms with Crippen molar-refractivity contribution in [1.82, 2.24) is 0 Å². The summed E-state index contributed by atoms with van der Waals surface area (Å²) in [7, 11) is -2.08. The molecule has 1 aliphatic rings. The van der Waals surface area contributed by atoms with E-state index in [0.717, 1.165) is 0 Å². The van der Waals surface area contributed by atoms with Gasteiger partial charge in [0.15, 0.2) is 6.10 Å². The van der Waals surface area contributed by atoms with E-state index in [2.05, 4.69) is 5.92 Å². The minimum Gasteiger partial charge on any atom is -0.286 e. The molecule has 0 aromatic rings. The molecule has 1 unspecified atom stereocenters.